The van der Waals surface area contributed by atoms with Crippen molar-refractivity contribution in [3.05, 3.63) is 48.0 Å². The number of allylic oxidation sites excluding steroid dienone is 1. The summed E-state index contributed by atoms with van der Waals surface area (Å²) in [6, 6.07) is 12.9. The van der Waals surface area contributed by atoms with Crippen molar-refractivity contribution in [3.63, 3.8) is 0 Å². The molecule has 1 aromatic heterocycles. The quantitative estimate of drug-likeness (QED) is 0.432. The molecule has 2 rings (SSSR count). The first kappa shape index (κ1) is 10.7. The van der Waals surface area contributed by atoms with Crippen LogP contribution in [0.4, 0.5) is 0 Å². The van der Waals surface area contributed by atoms with Gasteiger partial charge in [0, 0.05) is 15.8 Å². The maximum atomic E-state index is 8.73. The van der Waals surface area contributed by atoms with Crippen molar-refractivity contribution in [1.82, 2.24) is 10.2 Å². The van der Waals surface area contributed by atoms with Crippen LogP contribution in [-0.2, 0) is 0 Å². The SMILES string of the molecule is N#CC(=C=[N-])[n+]1nccc(-c2ccccc2)n1. The number of aromatic nitrogens is 3. The molecule has 0 N–H and O–H groups in total. The van der Waals surface area contributed by atoms with E-state index < -0.39 is 0 Å². The van der Waals surface area contributed by atoms with Gasteiger partial charge in [0.2, 0.25) is 0 Å². The van der Waals surface area contributed by atoms with E-state index in [0.29, 0.717) is 5.69 Å². The Bertz CT molecular complexity index is 621. The third-order valence-electron chi connectivity index (χ3n) is 2.09. The average molecular weight is 221 g/mol. The van der Waals surface area contributed by atoms with E-state index in [9.17, 15) is 0 Å². The van der Waals surface area contributed by atoms with Crippen molar-refractivity contribution in [2.45, 2.75) is 0 Å². The van der Waals surface area contributed by atoms with Gasteiger partial charge < -0.3 is 5.41 Å². The Labute approximate surface area is 97.8 Å². The van der Waals surface area contributed by atoms with Crippen LogP contribution in [0.15, 0.2) is 42.6 Å². The van der Waals surface area contributed by atoms with Crippen LogP contribution in [0.3, 0.4) is 0 Å². The van der Waals surface area contributed by atoms with Crippen LogP contribution in [0.25, 0.3) is 22.4 Å². The molecule has 0 atom stereocenters. The number of hydrogen-bond donors (Lipinski definition) is 0. The van der Waals surface area contributed by atoms with Gasteiger partial charge in [-0.15, -0.1) is 0 Å². The minimum absolute atomic E-state index is 0.164. The van der Waals surface area contributed by atoms with Crippen LogP contribution in [-0.4, -0.2) is 16.1 Å². The van der Waals surface area contributed by atoms with Crippen LogP contribution >= 0.6 is 0 Å². The van der Waals surface area contributed by atoms with Gasteiger partial charge in [0.1, 0.15) is 11.9 Å². The highest BCUT2D eigenvalue weighted by Gasteiger charge is 2.13. The summed E-state index contributed by atoms with van der Waals surface area (Å²) in [6.45, 7) is 0. The molecule has 0 spiro atoms. The third kappa shape index (κ3) is 2.23. The van der Waals surface area contributed by atoms with E-state index in [4.69, 9.17) is 10.7 Å². The van der Waals surface area contributed by atoms with E-state index in [0.717, 1.165) is 10.4 Å². The molecule has 0 fully saturated rings. The van der Waals surface area contributed by atoms with Crippen LogP contribution < -0.4 is 4.80 Å². The zero-order chi connectivity index (χ0) is 12.1. The smallest absolute Gasteiger partial charge is 0.364 e. The summed E-state index contributed by atoms with van der Waals surface area (Å²) in [6.07, 6.45) is 1.50. The van der Waals surface area contributed by atoms with Crippen molar-refractivity contribution >= 4 is 11.6 Å². The van der Waals surface area contributed by atoms with E-state index >= 15 is 0 Å². The first-order chi connectivity index (χ1) is 8.35. The Morgan fingerprint density at radius 2 is 2.00 bits per heavy atom. The molecule has 0 aliphatic heterocycles. The van der Waals surface area contributed by atoms with Crippen LogP contribution in [0.1, 0.15) is 0 Å². The van der Waals surface area contributed by atoms with Crippen molar-refractivity contribution < 1.29 is 4.80 Å². The normalized spacial score (nSPS) is 9.12. The average Bonchev–Trinajstić information content (AvgIpc) is 2.42. The molecule has 1 heterocycles. The number of hydrogen-bond acceptors (Lipinski definition) is 3. The zero-order valence-electron chi connectivity index (χ0n) is 8.78. The standard InChI is InChI=1S/C12H7N5/c13-8-11(9-14)17-15-7-6-12(16-17)10-4-2-1-3-5-10/h1-7H. The number of rotatable bonds is 2. The van der Waals surface area contributed by atoms with Crippen LogP contribution in [0.2, 0.25) is 0 Å². The van der Waals surface area contributed by atoms with E-state index in [1.807, 2.05) is 30.3 Å². The predicted molar refractivity (Wildman–Crippen MR) is 61.3 cm³/mol. The van der Waals surface area contributed by atoms with Gasteiger partial charge in [0.25, 0.3) is 0 Å². The van der Waals surface area contributed by atoms with Gasteiger partial charge in [0.05, 0.1) is 4.80 Å². The monoisotopic (exact) mass is 221 g/mol. The fourth-order valence-corrected chi connectivity index (χ4v) is 1.31. The molecule has 80 valence electrons. The Kier molecular flexibility index (Phi) is 3.01. The van der Waals surface area contributed by atoms with E-state index in [-0.39, 0.29) is 5.70 Å². The Morgan fingerprint density at radius 3 is 2.65 bits per heavy atom. The lowest BCUT2D eigenvalue weighted by Gasteiger charge is -1.95. The summed E-state index contributed by atoms with van der Waals surface area (Å²) in [4.78, 5) is 1.03. The van der Waals surface area contributed by atoms with Gasteiger partial charge in [-0.25, -0.2) is 0 Å². The molecule has 17 heavy (non-hydrogen) atoms. The molecule has 5 heteroatoms. The maximum Gasteiger partial charge on any atom is 0.364 e. The van der Waals surface area contributed by atoms with Crippen molar-refractivity contribution in [3.8, 4) is 17.3 Å². The largest absolute Gasteiger partial charge is 0.757 e. The lowest BCUT2D eigenvalue weighted by molar-refractivity contribution is -0.701. The molecule has 5 nitrogen and oxygen atoms in total. The van der Waals surface area contributed by atoms with E-state index in [2.05, 4.69) is 10.2 Å². The first-order valence-electron chi connectivity index (χ1n) is 4.84. The van der Waals surface area contributed by atoms with Gasteiger partial charge in [0.15, 0.2) is 6.07 Å². The molecule has 0 bridgehead atoms. The summed E-state index contributed by atoms with van der Waals surface area (Å²) < 4.78 is 0. The summed E-state index contributed by atoms with van der Waals surface area (Å²) >= 11 is 0. The summed E-state index contributed by atoms with van der Waals surface area (Å²) in [5.74, 6) is 1.74. The highest BCUT2D eigenvalue weighted by Crippen LogP contribution is 2.13. The Hall–Kier alpha value is -2.83. The van der Waals surface area contributed by atoms with Crippen molar-refractivity contribution in [1.29, 1.82) is 5.26 Å². The highest BCUT2D eigenvalue weighted by atomic mass is 15.5. The zero-order valence-corrected chi connectivity index (χ0v) is 8.78. The van der Waals surface area contributed by atoms with Gasteiger partial charge in [-0.2, -0.15) is 11.1 Å². The molecule has 0 amide bonds. The minimum Gasteiger partial charge on any atom is -0.757 e. The summed E-state index contributed by atoms with van der Waals surface area (Å²) in [5.41, 5.74) is 1.39. The van der Waals surface area contributed by atoms with Crippen molar-refractivity contribution in [2.75, 3.05) is 0 Å². The molecular weight excluding hydrogens is 214 g/mol. The van der Waals surface area contributed by atoms with Gasteiger partial charge in [-0.3, -0.25) is 0 Å². The van der Waals surface area contributed by atoms with Crippen LogP contribution in [0, 0.1) is 11.3 Å². The summed E-state index contributed by atoms with van der Waals surface area (Å²) in [7, 11) is 0. The predicted octanol–water partition coefficient (Wildman–Crippen LogP) is 1.03. The Morgan fingerprint density at radius 1 is 1.24 bits per heavy atom. The molecule has 2 aromatic rings. The summed E-state index contributed by atoms with van der Waals surface area (Å²) in [5, 5.41) is 25.4. The first-order valence-corrected chi connectivity index (χ1v) is 4.84. The maximum absolute atomic E-state index is 8.73. The fraction of sp³-hybridized carbons (Fsp3) is 0. The molecular formula is C12H7N5. The molecule has 0 aliphatic rings. The van der Waals surface area contributed by atoms with Gasteiger partial charge in [-0.05, 0) is 6.07 Å². The molecule has 0 saturated heterocycles. The molecule has 0 unspecified atom stereocenters. The van der Waals surface area contributed by atoms with E-state index in [1.54, 1.807) is 18.0 Å². The van der Waals surface area contributed by atoms with Gasteiger partial charge in [-0.1, -0.05) is 30.3 Å². The molecule has 0 aliphatic carbocycles. The number of benzene rings is 1. The number of nitriles is 1. The second-order valence-corrected chi connectivity index (χ2v) is 3.14. The number of nitrogens with zero attached hydrogens (tertiary/aromatic N) is 5. The molecule has 0 radical (unpaired) electrons. The lowest BCUT2D eigenvalue weighted by Crippen LogP contribution is -2.40. The second kappa shape index (κ2) is 4.79. The van der Waals surface area contributed by atoms with Gasteiger partial charge >= 0.3 is 5.70 Å². The second-order valence-electron chi connectivity index (χ2n) is 3.14. The third-order valence-corrected chi connectivity index (χ3v) is 2.09. The lowest BCUT2D eigenvalue weighted by atomic mass is 10.1. The highest BCUT2D eigenvalue weighted by molar-refractivity contribution is 5.83. The van der Waals surface area contributed by atoms with Crippen LogP contribution in [0.5, 0.6) is 0 Å². The topological polar surface area (TPSA) is 75.8 Å². The van der Waals surface area contributed by atoms with E-state index in [1.165, 1.54) is 6.20 Å². The molecule has 1 aromatic carbocycles. The minimum atomic E-state index is -0.164. The van der Waals surface area contributed by atoms with Crippen molar-refractivity contribution in [2.24, 2.45) is 0 Å². The Balaban J connectivity index is 2.50. The fourth-order valence-electron chi connectivity index (χ4n) is 1.31. The molecule has 0 saturated carbocycles.